The van der Waals surface area contributed by atoms with Gasteiger partial charge in [-0.2, -0.15) is 0 Å². The standard InChI is InChI=1S/C26H31NO3/c1-3-18-29-25-14-8-7-11-21(25)13-9-17-27-26(28)24(4-2)30-23-16-15-20-10-5-6-12-22(20)19-23/h5-8,10-12,14-16,19,24H,3-4,9,13,17-18H2,1-2H3,(H,27,28)/t24-/m0/s1. The predicted molar refractivity (Wildman–Crippen MR) is 122 cm³/mol. The number of hydrogen-bond acceptors (Lipinski definition) is 3. The number of fused-ring (bicyclic) bond motifs is 1. The molecule has 4 heteroatoms. The average molecular weight is 406 g/mol. The minimum Gasteiger partial charge on any atom is -0.493 e. The van der Waals surface area contributed by atoms with Gasteiger partial charge in [-0.05, 0) is 60.2 Å². The number of rotatable bonds is 11. The van der Waals surface area contributed by atoms with Gasteiger partial charge in [0.05, 0.1) is 6.61 Å². The summed E-state index contributed by atoms with van der Waals surface area (Å²) in [7, 11) is 0. The monoisotopic (exact) mass is 405 g/mol. The summed E-state index contributed by atoms with van der Waals surface area (Å²) in [6.07, 6.45) is 2.82. The molecule has 30 heavy (non-hydrogen) atoms. The molecule has 1 amide bonds. The molecule has 3 rings (SSSR count). The van der Waals surface area contributed by atoms with E-state index in [0.717, 1.165) is 48.1 Å². The first kappa shape index (κ1) is 21.7. The Morgan fingerprint density at radius 3 is 2.53 bits per heavy atom. The second-order valence-corrected chi connectivity index (χ2v) is 7.37. The van der Waals surface area contributed by atoms with Gasteiger partial charge >= 0.3 is 0 Å². The van der Waals surface area contributed by atoms with Crippen LogP contribution in [0.5, 0.6) is 11.5 Å². The Balaban J connectivity index is 1.49. The van der Waals surface area contributed by atoms with Gasteiger partial charge in [0.1, 0.15) is 11.5 Å². The Morgan fingerprint density at radius 1 is 0.967 bits per heavy atom. The zero-order valence-corrected chi connectivity index (χ0v) is 17.9. The van der Waals surface area contributed by atoms with Crippen molar-refractivity contribution in [1.29, 1.82) is 0 Å². The van der Waals surface area contributed by atoms with Crippen LogP contribution >= 0.6 is 0 Å². The summed E-state index contributed by atoms with van der Waals surface area (Å²) >= 11 is 0. The van der Waals surface area contributed by atoms with Gasteiger partial charge < -0.3 is 14.8 Å². The van der Waals surface area contributed by atoms with E-state index in [2.05, 4.69) is 24.4 Å². The Hall–Kier alpha value is -3.01. The fraction of sp³-hybridized carbons (Fsp3) is 0.346. The van der Waals surface area contributed by atoms with E-state index in [1.807, 2.05) is 61.5 Å². The van der Waals surface area contributed by atoms with Crippen LogP contribution in [0.2, 0.25) is 0 Å². The van der Waals surface area contributed by atoms with E-state index in [1.54, 1.807) is 0 Å². The van der Waals surface area contributed by atoms with Crippen molar-refractivity contribution in [3.63, 3.8) is 0 Å². The average Bonchev–Trinajstić information content (AvgIpc) is 2.79. The SMILES string of the molecule is CCCOc1ccccc1CCCNC(=O)[C@H](CC)Oc1ccc2ccccc2c1. The zero-order chi connectivity index (χ0) is 21.2. The molecule has 0 saturated heterocycles. The predicted octanol–water partition coefficient (Wildman–Crippen LogP) is 5.54. The third-order valence-corrected chi connectivity index (χ3v) is 5.02. The first-order chi connectivity index (χ1) is 14.7. The van der Waals surface area contributed by atoms with Crippen molar-refractivity contribution < 1.29 is 14.3 Å². The van der Waals surface area contributed by atoms with E-state index in [-0.39, 0.29) is 5.91 Å². The Kier molecular flexibility index (Phi) is 8.13. The summed E-state index contributed by atoms with van der Waals surface area (Å²) in [5.41, 5.74) is 1.18. The second-order valence-electron chi connectivity index (χ2n) is 7.37. The van der Waals surface area contributed by atoms with Crippen LogP contribution in [0.1, 0.15) is 38.7 Å². The Morgan fingerprint density at radius 2 is 1.73 bits per heavy atom. The van der Waals surface area contributed by atoms with Crippen molar-refractivity contribution in [2.24, 2.45) is 0 Å². The zero-order valence-electron chi connectivity index (χ0n) is 17.9. The lowest BCUT2D eigenvalue weighted by atomic mass is 10.1. The fourth-order valence-corrected chi connectivity index (χ4v) is 3.39. The quantitative estimate of drug-likeness (QED) is 0.426. The number of amides is 1. The third-order valence-electron chi connectivity index (χ3n) is 5.02. The van der Waals surface area contributed by atoms with Gasteiger partial charge in [-0.3, -0.25) is 4.79 Å². The molecule has 0 saturated carbocycles. The molecule has 0 radical (unpaired) electrons. The van der Waals surface area contributed by atoms with Gasteiger partial charge in [0.2, 0.25) is 0 Å². The van der Waals surface area contributed by atoms with E-state index in [1.165, 1.54) is 5.56 Å². The van der Waals surface area contributed by atoms with E-state index < -0.39 is 6.10 Å². The van der Waals surface area contributed by atoms with Crippen molar-refractivity contribution in [3.05, 3.63) is 72.3 Å². The maximum Gasteiger partial charge on any atom is 0.261 e. The Bertz CT molecular complexity index is 954. The van der Waals surface area contributed by atoms with E-state index in [0.29, 0.717) is 13.0 Å². The molecule has 0 heterocycles. The van der Waals surface area contributed by atoms with Crippen LogP contribution in [0, 0.1) is 0 Å². The normalized spacial score (nSPS) is 11.8. The van der Waals surface area contributed by atoms with Crippen LogP contribution in [0.3, 0.4) is 0 Å². The fourth-order valence-electron chi connectivity index (χ4n) is 3.39. The second kappa shape index (κ2) is 11.2. The minimum atomic E-state index is -0.494. The van der Waals surface area contributed by atoms with E-state index >= 15 is 0 Å². The number of carbonyl (C=O) groups excluding carboxylic acids is 1. The number of hydrogen-bond donors (Lipinski definition) is 1. The molecule has 0 unspecified atom stereocenters. The number of para-hydroxylation sites is 1. The van der Waals surface area contributed by atoms with Crippen LogP contribution in [-0.4, -0.2) is 25.2 Å². The lowest BCUT2D eigenvalue weighted by Gasteiger charge is -2.18. The van der Waals surface area contributed by atoms with Gasteiger partial charge in [-0.25, -0.2) is 0 Å². The number of ether oxygens (including phenoxy) is 2. The molecule has 0 fully saturated rings. The smallest absolute Gasteiger partial charge is 0.261 e. The summed E-state index contributed by atoms with van der Waals surface area (Å²) in [4.78, 5) is 12.6. The maximum absolute atomic E-state index is 12.6. The molecular weight excluding hydrogens is 374 g/mol. The van der Waals surface area contributed by atoms with Crippen LogP contribution in [-0.2, 0) is 11.2 Å². The number of benzene rings is 3. The van der Waals surface area contributed by atoms with Crippen LogP contribution < -0.4 is 14.8 Å². The molecule has 4 nitrogen and oxygen atoms in total. The van der Waals surface area contributed by atoms with Crippen molar-refractivity contribution in [3.8, 4) is 11.5 Å². The van der Waals surface area contributed by atoms with Gasteiger partial charge in [0.15, 0.2) is 6.10 Å². The topological polar surface area (TPSA) is 47.6 Å². The first-order valence-corrected chi connectivity index (χ1v) is 10.8. The van der Waals surface area contributed by atoms with Gasteiger partial charge in [-0.1, -0.05) is 62.4 Å². The van der Waals surface area contributed by atoms with E-state index in [4.69, 9.17) is 9.47 Å². The highest BCUT2D eigenvalue weighted by Gasteiger charge is 2.18. The van der Waals surface area contributed by atoms with Crippen LogP contribution in [0.4, 0.5) is 0 Å². The van der Waals surface area contributed by atoms with Crippen molar-refractivity contribution in [2.45, 2.75) is 45.6 Å². The molecule has 3 aromatic carbocycles. The molecule has 0 aliphatic rings. The van der Waals surface area contributed by atoms with Crippen LogP contribution in [0.15, 0.2) is 66.7 Å². The van der Waals surface area contributed by atoms with Crippen molar-refractivity contribution in [2.75, 3.05) is 13.2 Å². The van der Waals surface area contributed by atoms with Gasteiger partial charge in [-0.15, -0.1) is 0 Å². The maximum atomic E-state index is 12.6. The molecule has 0 bridgehead atoms. The van der Waals surface area contributed by atoms with Crippen molar-refractivity contribution in [1.82, 2.24) is 5.32 Å². The summed E-state index contributed by atoms with van der Waals surface area (Å²) < 4.78 is 11.8. The molecule has 3 aromatic rings. The van der Waals surface area contributed by atoms with Gasteiger partial charge in [0, 0.05) is 6.54 Å². The summed E-state index contributed by atoms with van der Waals surface area (Å²) in [6.45, 7) is 5.39. The number of carbonyl (C=O) groups is 1. The minimum absolute atomic E-state index is 0.0684. The van der Waals surface area contributed by atoms with Crippen molar-refractivity contribution >= 4 is 16.7 Å². The Labute approximate surface area is 179 Å². The largest absolute Gasteiger partial charge is 0.493 e. The van der Waals surface area contributed by atoms with Gasteiger partial charge in [0.25, 0.3) is 5.91 Å². The number of aryl methyl sites for hydroxylation is 1. The summed E-state index contributed by atoms with van der Waals surface area (Å²) in [5, 5.41) is 5.28. The highest BCUT2D eigenvalue weighted by atomic mass is 16.5. The highest BCUT2D eigenvalue weighted by molar-refractivity contribution is 5.84. The lowest BCUT2D eigenvalue weighted by molar-refractivity contribution is -0.128. The molecule has 0 aromatic heterocycles. The first-order valence-electron chi connectivity index (χ1n) is 10.8. The molecule has 0 aliphatic heterocycles. The van der Waals surface area contributed by atoms with E-state index in [9.17, 15) is 4.79 Å². The lowest BCUT2D eigenvalue weighted by Crippen LogP contribution is -2.38. The molecule has 0 spiro atoms. The highest BCUT2D eigenvalue weighted by Crippen LogP contribution is 2.22. The summed E-state index contributed by atoms with van der Waals surface area (Å²) in [6, 6.07) is 22.2. The molecule has 1 N–H and O–H groups in total. The van der Waals surface area contributed by atoms with Crippen LogP contribution in [0.25, 0.3) is 10.8 Å². The third kappa shape index (κ3) is 5.99. The molecular formula is C26H31NO3. The summed E-state index contributed by atoms with van der Waals surface area (Å²) in [5.74, 6) is 1.59. The number of nitrogens with one attached hydrogen (secondary N) is 1. The molecule has 1 atom stereocenters. The molecule has 158 valence electrons. The molecule has 0 aliphatic carbocycles.